The maximum Gasteiger partial charge on any atom is 0.240 e. The van der Waals surface area contributed by atoms with Gasteiger partial charge >= 0.3 is 0 Å². The van der Waals surface area contributed by atoms with Gasteiger partial charge in [0.05, 0.1) is 10.7 Å². The van der Waals surface area contributed by atoms with Gasteiger partial charge in [0.15, 0.2) is 11.5 Å². The van der Waals surface area contributed by atoms with Crippen molar-refractivity contribution in [2.75, 3.05) is 12.2 Å². The Morgan fingerprint density at radius 1 is 1.35 bits per heavy atom. The summed E-state index contributed by atoms with van der Waals surface area (Å²) in [4.78, 5) is 8.06. The Balaban J connectivity index is 1.73. The number of anilines is 1. The summed E-state index contributed by atoms with van der Waals surface area (Å²) in [6, 6.07) is 5.63. The molecule has 8 heteroatoms. The van der Waals surface area contributed by atoms with Crippen LogP contribution in [0.25, 0.3) is 0 Å². The van der Waals surface area contributed by atoms with Crippen LogP contribution in [0.4, 0.5) is 5.95 Å². The minimum Gasteiger partial charge on any atom is -0.472 e. The van der Waals surface area contributed by atoms with Crippen molar-refractivity contribution in [3.8, 4) is 17.4 Å². The second-order valence-electron chi connectivity index (χ2n) is 3.97. The van der Waals surface area contributed by atoms with Gasteiger partial charge in [0, 0.05) is 0 Å². The molecule has 1 aromatic heterocycles. The smallest absolute Gasteiger partial charge is 0.240 e. The first-order chi connectivity index (χ1) is 9.76. The number of nitrogens with two attached hydrogens (primary N) is 1. The van der Waals surface area contributed by atoms with E-state index in [-0.39, 0.29) is 12.7 Å². The normalized spacial score (nSPS) is 12.3. The fourth-order valence-electron chi connectivity index (χ4n) is 1.70. The monoisotopic (exact) mass is 338 g/mol. The molecule has 0 fully saturated rings. The molecule has 3 rings (SSSR count). The Morgan fingerprint density at radius 3 is 3.05 bits per heavy atom. The SMILES string of the molecule is NNc1ncc(Br)c(OCc2ccc3c(c2)OCO3)n1. The van der Waals surface area contributed by atoms with E-state index < -0.39 is 0 Å². The van der Waals surface area contributed by atoms with Crippen molar-refractivity contribution in [3.63, 3.8) is 0 Å². The summed E-state index contributed by atoms with van der Waals surface area (Å²) in [6.45, 7) is 0.596. The van der Waals surface area contributed by atoms with Gasteiger partial charge in [-0.15, -0.1) is 0 Å². The summed E-state index contributed by atoms with van der Waals surface area (Å²) in [6.07, 6.45) is 1.57. The predicted octanol–water partition coefficient (Wildman–Crippen LogP) is 1.83. The molecule has 0 amide bonds. The number of hydrogen-bond donors (Lipinski definition) is 2. The third-order valence-corrected chi connectivity index (χ3v) is 3.20. The van der Waals surface area contributed by atoms with Crippen LogP contribution in [0.3, 0.4) is 0 Å². The Bertz CT molecular complexity index is 638. The van der Waals surface area contributed by atoms with Gasteiger partial charge in [0.1, 0.15) is 6.61 Å². The number of hydrazine groups is 1. The number of benzene rings is 1. The van der Waals surface area contributed by atoms with E-state index in [2.05, 4.69) is 31.3 Å². The maximum atomic E-state index is 5.64. The largest absolute Gasteiger partial charge is 0.472 e. The van der Waals surface area contributed by atoms with Crippen molar-refractivity contribution in [2.45, 2.75) is 6.61 Å². The number of halogens is 1. The summed E-state index contributed by atoms with van der Waals surface area (Å²) < 4.78 is 16.8. The van der Waals surface area contributed by atoms with Gasteiger partial charge in [0.2, 0.25) is 18.6 Å². The fraction of sp³-hybridized carbons (Fsp3) is 0.167. The molecule has 0 aliphatic carbocycles. The number of fused-ring (bicyclic) bond motifs is 1. The number of hydrogen-bond acceptors (Lipinski definition) is 7. The fourth-order valence-corrected chi connectivity index (χ4v) is 2.01. The summed E-state index contributed by atoms with van der Waals surface area (Å²) in [7, 11) is 0. The minimum absolute atomic E-state index is 0.253. The topological polar surface area (TPSA) is 91.5 Å². The Labute approximate surface area is 123 Å². The lowest BCUT2D eigenvalue weighted by Gasteiger charge is -2.08. The molecule has 0 saturated carbocycles. The number of rotatable bonds is 4. The first kappa shape index (κ1) is 12.9. The summed E-state index contributed by atoms with van der Waals surface area (Å²) in [5.41, 5.74) is 3.31. The molecule has 0 radical (unpaired) electrons. The lowest BCUT2D eigenvalue weighted by molar-refractivity contribution is 0.174. The van der Waals surface area contributed by atoms with Gasteiger partial charge < -0.3 is 14.2 Å². The highest BCUT2D eigenvalue weighted by Gasteiger charge is 2.14. The zero-order valence-corrected chi connectivity index (χ0v) is 11.9. The molecular formula is C12H11BrN4O3. The van der Waals surface area contributed by atoms with E-state index >= 15 is 0 Å². The molecule has 1 aromatic carbocycles. The van der Waals surface area contributed by atoms with Crippen LogP contribution in [-0.4, -0.2) is 16.8 Å². The third kappa shape index (κ3) is 2.61. The number of aromatic nitrogens is 2. The van der Waals surface area contributed by atoms with E-state index in [4.69, 9.17) is 20.1 Å². The quantitative estimate of drug-likeness (QED) is 0.649. The second-order valence-corrected chi connectivity index (χ2v) is 4.82. The van der Waals surface area contributed by atoms with Gasteiger partial charge in [-0.3, -0.25) is 5.43 Å². The summed E-state index contributed by atoms with van der Waals surface area (Å²) in [5, 5.41) is 0. The van der Waals surface area contributed by atoms with Crippen molar-refractivity contribution in [3.05, 3.63) is 34.4 Å². The molecule has 1 aliphatic rings. The first-order valence-corrected chi connectivity index (χ1v) is 6.56. The highest BCUT2D eigenvalue weighted by atomic mass is 79.9. The van der Waals surface area contributed by atoms with Crippen molar-refractivity contribution >= 4 is 21.9 Å². The number of nitrogens with zero attached hydrogens (tertiary/aromatic N) is 2. The van der Waals surface area contributed by atoms with Gasteiger partial charge in [-0.25, -0.2) is 10.8 Å². The third-order valence-electron chi connectivity index (χ3n) is 2.65. The molecule has 0 bridgehead atoms. The Morgan fingerprint density at radius 2 is 2.20 bits per heavy atom. The molecule has 3 N–H and O–H groups in total. The van der Waals surface area contributed by atoms with Crippen LogP contribution in [0, 0.1) is 0 Å². The van der Waals surface area contributed by atoms with E-state index in [9.17, 15) is 0 Å². The molecule has 20 heavy (non-hydrogen) atoms. The van der Waals surface area contributed by atoms with Gasteiger partial charge in [0.25, 0.3) is 0 Å². The lowest BCUT2D eigenvalue weighted by atomic mass is 10.2. The van der Waals surface area contributed by atoms with Crippen molar-refractivity contribution in [1.82, 2.24) is 9.97 Å². The van der Waals surface area contributed by atoms with Crippen LogP contribution < -0.4 is 25.5 Å². The zero-order chi connectivity index (χ0) is 13.9. The summed E-state index contributed by atoms with van der Waals surface area (Å²) in [5.74, 6) is 7.42. The highest BCUT2D eigenvalue weighted by molar-refractivity contribution is 9.10. The van der Waals surface area contributed by atoms with E-state index in [1.807, 2.05) is 18.2 Å². The average molecular weight is 339 g/mol. The number of nitrogens with one attached hydrogen (secondary N) is 1. The van der Waals surface area contributed by atoms with Gasteiger partial charge in [-0.2, -0.15) is 4.98 Å². The van der Waals surface area contributed by atoms with Gasteiger partial charge in [-0.1, -0.05) is 6.07 Å². The zero-order valence-electron chi connectivity index (χ0n) is 10.3. The summed E-state index contributed by atoms with van der Waals surface area (Å²) >= 11 is 3.32. The molecule has 7 nitrogen and oxygen atoms in total. The van der Waals surface area contributed by atoms with Crippen LogP contribution in [0.2, 0.25) is 0 Å². The predicted molar refractivity (Wildman–Crippen MR) is 74.4 cm³/mol. The molecule has 2 aromatic rings. The van der Waals surface area contributed by atoms with Crippen LogP contribution in [-0.2, 0) is 6.61 Å². The second kappa shape index (κ2) is 5.51. The average Bonchev–Trinajstić information content (AvgIpc) is 2.94. The van der Waals surface area contributed by atoms with Crippen LogP contribution in [0.1, 0.15) is 5.56 Å². The van der Waals surface area contributed by atoms with Crippen LogP contribution in [0.15, 0.2) is 28.9 Å². The van der Waals surface area contributed by atoms with E-state index in [0.717, 1.165) is 17.1 Å². The van der Waals surface area contributed by atoms with Crippen molar-refractivity contribution in [1.29, 1.82) is 0 Å². The van der Waals surface area contributed by atoms with Crippen LogP contribution >= 0.6 is 15.9 Å². The molecule has 104 valence electrons. The lowest BCUT2D eigenvalue weighted by Crippen LogP contribution is -2.11. The first-order valence-electron chi connectivity index (χ1n) is 5.77. The molecular weight excluding hydrogens is 328 g/mol. The van der Waals surface area contributed by atoms with E-state index in [1.54, 1.807) is 6.20 Å². The Hall–Kier alpha value is -2.06. The standard InChI is InChI=1S/C12H11BrN4O3/c13-8-4-15-12(17-14)16-11(8)18-5-7-1-2-9-10(3-7)20-6-19-9/h1-4H,5-6,14H2,(H,15,16,17). The molecule has 0 saturated heterocycles. The maximum absolute atomic E-state index is 5.64. The minimum atomic E-state index is 0.253. The molecule has 0 spiro atoms. The highest BCUT2D eigenvalue weighted by Crippen LogP contribution is 2.33. The van der Waals surface area contributed by atoms with Crippen LogP contribution in [0.5, 0.6) is 17.4 Å². The van der Waals surface area contributed by atoms with Crippen molar-refractivity contribution in [2.24, 2.45) is 5.84 Å². The number of ether oxygens (including phenoxy) is 3. The molecule has 0 atom stereocenters. The Kier molecular flexibility index (Phi) is 3.57. The van der Waals surface area contributed by atoms with Crippen molar-refractivity contribution < 1.29 is 14.2 Å². The number of nitrogen functional groups attached to an aromatic ring is 1. The molecule has 0 unspecified atom stereocenters. The molecule has 1 aliphatic heterocycles. The van der Waals surface area contributed by atoms with E-state index in [1.165, 1.54) is 0 Å². The molecule has 2 heterocycles. The van der Waals surface area contributed by atoms with E-state index in [0.29, 0.717) is 17.0 Å². The van der Waals surface area contributed by atoms with Gasteiger partial charge in [-0.05, 0) is 33.6 Å².